The smallest absolute Gasteiger partial charge is 0.253 e. The van der Waals surface area contributed by atoms with Crippen LogP contribution in [0, 0.1) is 0 Å². The second-order valence-corrected chi connectivity index (χ2v) is 4.51. The molecule has 0 heterocycles. The van der Waals surface area contributed by atoms with Crippen molar-refractivity contribution in [2.75, 3.05) is 25.0 Å². The average molecular weight is 313 g/mol. The Labute approximate surface area is 127 Å². The molecule has 3 amide bonds. The number of benzene rings is 1. The summed E-state index contributed by atoms with van der Waals surface area (Å²) in [6.45, 7) is 1.81. The summed E-state index contributed by atoms with van der Waals surface area (Å²) in [5.74, 6) is -1.25. The number of hydrogen-bond acceptors (Lipinski definition) is 4. The first-order valence-corrected chi connectivity index (χ1v) is 6.70. The number of amides is 3. The van der Waals surface area contributed by atoms with Gasteiger partial charge < -0.3 is 21.7 Å². The van der Waals surface area contributed by atoms with Gasteiger partial charge in [0.15, 0.2) is 0 Å². The van der Waals surface area contributed by atoms with Crippen molar-refractivity contribution < 1.29 is 14.4 Å². The number of nitrogens with two attached hydrogens (primary N) is 1. The van der Waals surface area contributed by atoms with Gasteiger partial charge in [-0.2, -0.15) is 0 Å². The summed E-state index contributed by atoms with van der Waals surface area (Å²) in [6.07, 6.45) is 0. The first-order chi connectivity index (χ1) is 9.97. The lowest BCUT2D eigenvalue weighted by Gasteiger charge is -2.11. The van der Waals surface area contributed by atoms with Crippen molar-refractivity contribution in [2.24, 2.45) is 5.73 Å². The summed E-state index contributed by atoms with van der Waals surface area (Å²) in [6, 6.07) is 4.54. The molecule has 0 radical (unpaired) electrons. The van der Waals surface area contributed by atoms with E-state index in [9.17, 15) is 14.4 Å². The highest BCUT2D eigenvalue weighted by atomic mass is 35.5. The molecule has 0 aromatic heterocycles. The van der Waals surface area contributed by atoms with Gasteiger partial charge in [0.05, 0.1) is 24.3 Å². The zero-order valence-corrected chi connectivity index (χ0v) is 12.3. The summed E-state index contributed by atoms with van der Waals surface area (Å²) in [5.41, 5.74) is 5.68. The van der Waals surface area contributed by atoms with E-state index >= 15 is 0 Å². The standard InChI is InChI=1S/C13H17ClN4O3/c1-2-16-13(21)9-4-3-8(14)5-10(9)18-12(20)7-17-11(19)6-15/h3-5H,2,6-7,15H2,1H3,(H,16,21)(H,17,19)(H,18,20). The molecule has 7 nitrogen and oxygen atoms in total. The molecule has 1 rings (SSSR count). The van der Waals surface area contributed by atoms with E-state index in [1.54, 1.807) is 13.0 Å². The highest BCUT2D eigenvalue weighted by molar-refractivity contribution is 6.31. The van der Waals surface area contributed by atoms with Gasteiger partial charge in [-0.3, -0.25) is 14.4 Å². The van der Waals surface area contributed by atoms with Gasteiger partial charge in [0.1, 0.15) is 0 Å². The van der Waals surface area contributed by atoms with E-state index < -0.39 is 11.8 Å². The van der Waals surface area contributed by atoms with Crippen LogP contribution in [0.1, 0.15) is 17.3 Å². The van der Waals surface area contributed by atoms with Gasteiger partial charge >= 0.3 is 0 Å². The number of anilines is 1. The topological polar surface area (TPSA) is 113 Å². The molecule has 5 N–H and O–H groups in total. The fourth-order valence-corrected chi connectivity index (χ4v) is 1.69. The van der Waals surface area contributed by atoms with Crippen molar-refractivity contribution in [3.05, 3.63) is 28.8 Å². The number of nitrogens with one attached hydrogen (secondary N) is 3. The number of carbonyl (C=O) groups excluding carboxylic acids is 3. The molecule has 8 heteroatoms. The van der Waals surface area contributed by atoms with Gasteiger partial charge in [0.25, 0.3) is 5.91 Å². The molecule has 0 aliphatic carbocycles. The van der Waals surface area contributed by atoms with Crippen LogP contribution < -0.4 is 21.7 Å². The number of hydrogen-bond donors (Lipinski definition) is 4. The highest BCUT2D eigenvalue weighted by Gasteiger charge is 2.13. The van der Waals surface area contributed by atoms with Gasteiger partial charge in [0, 0.05) is 11.6 Å². The monoisotopic (exact) mass is 312 g/mol. The maximum Gasteiger partial charge on any atom is 0.253 e. The largest absolute Gasteiger partial charge is 0.352 e. The third kappa shape index (κ3) is 5.41. The SMILES string of the molecule is CCNC(=O)c1ccc(Cl)cc1NC(=O)CNC(=O)CN. The molecular formula is C13H17ClN4O3. The van der Waals surface area contributed by atoms with Gasteiger partial charge in [-0.1, -0.05) is 11.6 Å². The summed E-state index contributed by atoms with van der Waals surface area (Å²) >= 11 is 5.86. The van der Waals surface area contributed by atoms with E-state index in [-0.39, 0.29) is 24.7 Å². The Hall–Kier alpha value is -2.12. The molecule has 1 aromatic carbocycles. The van der Waals surface area contributed by atoms with Crippen molar-refractivity contribution in [3.63, 3.8) is 0 Å². The van der Waals surface area contributed by atoms with Gasteiger partial charge in [-0.25, -0.2) is 0 Å². The van der Waals surface area contributed by atoms with Gasteiger partial charge in [-0.15, -0.1) is 0 Å². The second kappa shape index (κ2) is 8.23. The zero-order valence-electron chi connectivity index (χ0n) is 11.5. The van der Waals surface area contributed by atoms with Crippen molar-refractivity contribution in [3.8, 4) is 0 Å². The lowest BCUT2D eigenvalue weighted by atomic mass is 10.1. The molecule has 0 spiro atoms. The maximum absolute atomic E-state index is 11.9. The number of carbonyl (C=O) groups is 3. The van der Waals surface area contributed by atoms with Crippen LogP contribution in [0.15, 0.2) is 18.2 Å². The molecule has 114 valence electrons. The third-order valence-corrected chi connectivity index (χ3v) is 2.70. The second-order valence-electron chi connectivity index (χ2n) is 4.08. The van der Waals surface area contributed by atoms with E-state index in [1.807, 2.05) is 0 Å². The number of halogens is 1. The van der Waals surface area contributed by atoms with Crippen molar-refractivity contribution in [2.45, 2.75) is 6.92 Å². The Bertz CT molecular complexity index is 548. The Morgan fingerprint density at radius 2 is 1.90 bits per heavy atom. The van der Waals surface area contributed by atoms with Crippen molar-refractivity contribution >= 4 is 35.0 Å². The molecule has 21 heavy (non-hydrogen) atoms. The van der Waals surface area contributed by atoms with Crippen LogP contribution in [0.5, 0.6) is 0 Å². The molecule has 0 fully saturated rings. The lowest BCUT2D eigenvalue weighted by molar-refractivity contribution is -0.123. The molecular weight excluding hydrogens is 296 g/mol. The van der Waals surface area contributed by atoms with Crippen LogP contribution in [-0.2, 0) is 9.59 Å². The van der Waals surface area contributed by atoms with E-state index in [4.69, 9.17) is 17.3 Å². The summed E-state index contributed by atoms with van der Waals surface area (Å²) in [5, 5.41) is 7.88. The molecule has 0 bridgehead atoms. The minimum atomic E-state index is -0.482. The molecule has 0 saturated carbocycles. The van der Waals surface area contributed by atoms with E-state index in [0.717, 1.165) is 0 Å². The molecule has 0 saturated heterocycles. The van der Waals surface area contributed by atoms with E-state index in [2.05, 4.69) is 16.0 Å². The molecule has 0 atom stereocenters. The van der Waals surface area contributed by atoms with E-state index in [0.29, 0.717) is 17.1 Å². The maximum atomic E-state index is 11.9. The Kier molecular flexibility index (Phi) is 6.64. The van der Waals surface area contributed by atoms with Crippen LogP contribution in [0.25, 0.3) is 0 Å². The first-order valence-electron chi connectivity index (χ1n) is 6.32. The number of rotatable bonds is 6. The fraction of sp³-hybridized carbons (Fsp3) is 0.308. The van der Waals surface area contributed by atoms with Crippen LogP contribution in [0.2, 0.25) is 5.02 Å². The molecule has 0 aliphatic rings. The molecule has 0 aliphatic heterocycles. The molecule has 0 unspecified atom stereocenters. The van der Waals surface area contributed by atoms with Gasteiger partial charge in [-0.05, 0) is 25.1 Å². The predicted octanol–water partition coefficient (Wildman–Crippen LogP) is 0.103. The predicted molar refractivity (Wildman–Crippen MR) is 80.2 cm³/mol. The fourth-order valence-electron chi connectivity index (χ4n) is 1.52. The van der Waals surface area contributed by atoms with Crippen molar-refractivity contribution in [1.29, 1.82) is 0 Å². The highest BCUT2D eigenvalue weighted by Crippen LogP contribution is 2.21. The minimum Gasteiger partial charge on any atom is -0.352 e. The van der Waals surface area contributed by atoms with E-state index in [1.165, 1.54) is 12.1 Å². The van der Waals surface area contributed by atoms with Crippen LogP contribution in [0.4, 0.5) is 5.69 Å². The van der Waals surface area contributed by atoms with Crippen LogP contribution in [-0.4, -0.2) is 37.4 Å². The Morgan fingerprint density at radius 3 is 2.52 bits per heavy atom. The lowest BCUT2D eigenvalue weighted by Crippen LogP contribution is -2.37. The van der Waals surface area contributed by atoms with Gasteiger partial charge in [0.2, 0.25) is 11.8 Å². The summed E-state index contributed by atoms with van der Waals surface area (Å²) in [7, 11) is 0. The Morgan fingerprint density at radius 1 is 1.19 bits per heavy atom. The minimum absolute atomic E-state index is 0.200. The normalized spacial score (nSPS) is 9.86. The summed E-state index contributed by atoms with van der Waals surface area (Å²) in [4.78, 5) is 34.6. The van der Waals surface area contributed by atoms with Crippen LogP contribution in [0.3, 0.4) is 0 Å². The summed E-state index contributed by atoms with van der Waals surface area (Å²) < 4.78 is 0. The van der Waals surface area contributed by atoms with Crippen molar-refractivity contribution in [1.82, 2.24) is 10.6 Å². The third-order valence-electron chi connectivity index (χ3n) is 2.47. The first kappa shape index (κ1) is 16.9. The van der Waals surface area contributed by atoms with Crippen LogP contribution >= 0.6 is 11.6 Å². The molecule has 1 aromatic rings. The zero-order chi connectivity index (χ0) is 15.8. The Balaban J connectivity index is 2.81. The average Bonchev–Trinajstić information content (AvgIpc) is 2.45. The quantitative estimate of drug-likeness (QED) is 0.596.